The van der Waals surface area contributed by atoms with E-state index >= 15 is 0 Å². The zero-order valence-corrected chi connectivity index (χ0v) is 18.0. The van der Waals surface area contributed by atoms with Gasteiger partial charge in [-0.2, -0.15) is 4.31 Å². The number of hydrogen-bond donors (Lipinski definition) is 1. The minimum absolute atomic E-state index is 0.0607. The molecule has 1 fully saturated rings. The highest BCUT2D eigenvalue weighted by Gasteiger charge is 2.28. The van der Waals surface area contributed by atoms with Crippen molar-refractivity contribution in [1.82, 2.24) is 9.62 Å². The molecule has 0 radical (unpaired) electrons. The number of benzene rings is 3. The number of ether oxygens (including phenoxy) is 2. The van der Waals surface area contributed by atoms with E-state index in [0.29, 0.717) is 25.5 Å². The van der Waals surface area contributed by atoms with Crippen LogP contribution in [0.15, 0.2) is 65.6 Å². The molecule has 8 heteroatoms. The summed E-state index contributed by atoms with van der Waals surface area (Å²) in [6.07, 6.45) is 0. The summed E-state index contributed by atoms with van der Waals surface area (Å²) in [6, 6.07) is 18.2. The zero-order valence-electron chi connectivity index (χ0n) is 17.2. The van der Waals surface area contributed by atoms with Crippen LogP contribution in [0.5, 0.6) is 5.75 Å². The second-order valence-electron chi connectivity index (χ2n) is 7.20. The highest BCUT2D eigenvalue weighted by Crippen LogP contribution is 2.25. The van der Waals surface area contributed by atoms with Crippen molar-refractivity contribution in [3.63, 3.8) is 0 Å². The summed E-state index contributed by atoms with van der Waals surface area (Å²) < 4.78 is 37.9. The molecule has 7 nitrogen and oxygen atoms in total. The number of rotatable bonds is 6. The van der Waals surface area contributed by atoms with Crippen molar-refractivity contribution in [2.24, 2.45) is 0 Å². The van der Waals surface area contributed by atoms with E-state index in [4.69, 9.17) is 9.47 Å². The summed E-state index contributed by atoms with van der Waals surface area (Å²) in [5, 5.41) is 5.04. The average molecular weight is 441 g/mol. The standard InChI is InChI=1S/C23H24N2O5S/c1-29-22-10-9-19(31(27,28)25-11-13-30-14-12-25)15-21(22)23(26)24-16-18-7-4-6-17-5-2-3-8-20(17)18/h2-10,15H,11-14,16H2,1H3,(H,24,26). The molecule has 0 aromatic heterocycles. The van der Waals surface area contributed by atoms with Crippen molar-refractivity contribution in [1.29, 1.82) is 0 Å². The Bertz CT molecular complexity index is 1200. The van der Waals surface area contributed by atoms with Crippen LogP contribution in [0.4, 0.5) is 0 Å². The number of nitrogens with zero attached hydrogens (tertiary/aromatic N) is 1. The molecule has 31 heavy (non-hydrogen) atoms. The van der Waals surface area contributed by atoms with Crippen molar-refractivity contribution >= 4 is 26.7 Å². The molecule has 0 unspecified atom stereocenters. The zero-order chi connectivity index (χ0) is 21.8. The molecule has 1 aliphatic rings. The van der Waals surface area contributed by atoms with Gasteiger partial charge in [0.1, 0.15) is 5.75 Å². The second kappa shape index (κ2) is 9.05. The summed E-state index contributed by atoms with van der Waals surface area (Å²) in [6.45, 7) is 1.60. The summed E-state index contributed by atoms with van der Waals surface area (Å²) in [5.74, 6) is -0.0832. The van der Waals surface area contributed by atoms with Crippen LogP contribution in [0.25, 0.3) is 10.8 Å². The third-order valence-electron chi connectivity index (χ3n) is 5.34. The monoisotopic (exact) mass is 440 g/mol. The van der Waals surface area contributed by atoms with Crippen LogP contribution in [0.3, 0.4) is 0 Å². The second-order valence-corrected chi connectivity index (χ2v) is 9.14. The van der Waals surface area contributed by atoms with Crippen molar-refractivity contribution < 1.29 is 22.7 Å². The van der Waals surface area contributed by atoms with Gasteiger partial charge in [-0.05, 0) is 34.5 Å². The molecule has 4 rings (SSSR count). The fraction of sp³-hybridized carbons (Fsp3) is 0.261. The van der Waals surface area contributed by atoms with Crippen molar-refractivity contribution in [2.45, 2.75) is 11.4 Å². The lowest BCUT2D eigenvalue weighted by Gasteiger charge is -2.26. The maximum Gasteiger partial charge on any atom is 0.255 e. The molecule has 1 saturated heterocycles. The van der Waals surface area contributed by atoms with Gasteiger partial charge in [0.05, 0.1) is 30.8 Å². The summed E-state index contributed by atoms with van der Waals surface area (Å²) in [4.78, 5) is 13.0. The predicted molar refractivity (Wildman–Crippen MR) is 118 cm³/mol. The van der Waals surface area contributed by atoms with E-state index in [2.05, 4.69) is 5.32 Å². The Labute approximate surface area is 181 Å². The molecular formula is C23H24N2O5S. The first kappa shape index (κ1) is 21.3. The van der Waals surface area contributed by atoms with E-state index < -0.39 is 15.9 Å². The SMILES string of the molecule is COc1ccc(S(=O)(=O)N2CCOCC2)cc1C(=O)NCc1cccc2ccccc12. The fourth-order valence-corrected chi connectivity index (χ4v) is 5.11. The number of nitrogens with one attached hydrogen (secondary N) is 1. The van der Waals surface area contributed by atoms with Crippen LogP contribution < -0.4 is 10.1 Å². The molecule has 1 aliphatic heterocycles. The van der Waals surface area contributed by atoms with Crippen molar-refractivity contribution in [3.8, 4) is 5.75 Å². The normalized spacial score (nSPS) is 15.0. The quantitative estimate of drug-likeness (QED) is 0.637. The van der Waals surface area contributed by atoms with E-state index in [1.165, 1.54) is 29.6 Å². The molecule has 0 saturated carbocycles. The van der Waals surface area contributed by atoms with Gasteiger partial charge in [-0.25, -0.2) is 8.42 Å². The number of sulfonamides is 1. The molecule has 1 heterocycles. The molecule has 3 aromatic rings. The Balaban J connectivity index is 1.59. The molecule has 1 N–H and O–H groups in total. The minimum atomic E-state index is -3.72. The van der Waals surface area contributed by atoms with Crippen LogP contribution in [-0.4, -0.2) is 52.0 Å². The van der Waals surface area contributed by atoms with E-state index in [9.17, 15) is 13.2 Å². The Kier molecular flexibility index (Phi) is 6.22. The Morgan fingerprint density at radius 3 is 2.58 bits per heavy atom. The van der Waals surface area contributed by atoms with Gasteiger partial charge in [-0.15, -0.1) is 0 Å². The van der Waals surface area contributed by atoms with Gasteiger partial charge in [0.2, 0.25) is 10.0 Å². The lowest BCUT2D eigenvalue weighted by atomic mass is 10.0. The number of methoxy groups -OCH3 is 1. The number of carbonyl (C=O) groups is 1. The van der Waals surface area contributed by atoms with E-state index in [-0.39, 0.29) is 23.5 Å². The molecule has 0 bridgehead atoms. The Hall–Kier alpha value is -2.94. The maximum absolute atomic E-state index is 13.0. The third kappa shape index (κ3) is 4.41. The third-order valence-corrected chi connectivity index (χ3v) is 7.24. The lowest BCUT2D eigenvalue weighted by Crippen LogP contribution is -2.40. The number of amides is 1. The number of fused-ring (bicyclic) bond motifs is 1. The van der Waals surface area contributed by atoms with Gasteiger partial charge in [0, 0.05) is 19.6 Å². The molecule has 3 aromatic carbocycles. The van der Waals surface area contributed by atoms with Gasteiger partial charge >= 0.3 is 0 Å². The maximum atomic E-state index is 13.0. The van der Waals surface area contributed by atoms with Crippen LogP contribution >= 0.6 is 0 Å². The predicted octanol–water partition coefficient (Wildman–Crippen LogP) is 2.80. The van der Waals surface area contributed by atoms with Crippen LogP contribution in [-0.2, 0) is 21.3 Å². The highest BCUT2D eigenvalue weighted by molar-refractivity contribution is 7.89. The fourth-order valence-electron chi connectivity index (χ4n) is 3.68. The van der Waals surface area contributed by atoms with Crippen molar-refractivity contribution in [2.75, 3.05) is 33.4 Å². The summed E-state index contributed by atoms with van der Waals surface area (Å²) in [5.41, 5.74) is 1.15. The van der Waals surface area contributed by atoms with E-state index in [1.54, 1.807) is 0 Å². The van der Waals surface area contributed by atoms with Gasteiger partial charge in [-0.1, -0.05) is 42.5 Å². The number of hydrogen-bond acceptors (Lipinski definition) is 5. The Morgan fingerprint density at radius 2 is 1.81 bits per heavy atom. The first-order valence-corrected chi connectivity index (χ1v) is 11.5. The van der Waals surface area contributed by atoms with Gasteiger partial charge in [0.15, 0.2) is 0 Å². The molecule has 0 aliphatic carbocycles. The van der Waals surface area contributed by atoms with Gasteiger partial charge in [-0.3, -0.25) is 4.79 Å². The smallest absolute Gasteiger partial charge is 0.255 e. The molecule has 162 valence electrons. The molecule has 0 spiro atoms. The Morgan fingerprint density at radius 1 is 1.06 bits per heavy atom. The summed E-state index contributed by atoms with van der Waals surface area (Å²) >= 11 is 0. The topological polar surface area (TPSA) is 84.9 Å². The highest BCUT2D eigenvalue weighted by atomic mass is 32.2. The van der Waals surface area contributed by atoms with E-state index in [1.807, 2.05) is 42.5 Å². The molecule has 1 amide bonds. The van der Waals surface area contributed by atoms with Crippen LogP contribution in [0.1, 0.15) is 15.9 Å². The minimum Gasteiger partial charge on any atom is -0.496 e. The lowest BCUT2D eigenvalue weighted by molar-refractivity contribution is 0.0730. The molecule has 0 atom stereocenters. The van der Waals surface area contributed by atoms with Crippen molar-refractivity contribution in [3.05, 3.63) is 71.8 Å². The van der Waals surface area contributed by atoms with E-state index in [0.717, 1.165) is 16.3 Å². The average Bonchev–Trinajstić information content (AvgIpc) is 2.82. The number of morpholine rings is 1. The number of carbonyl (C=O) groups excluding carboxylic acids is 1. The van der Waals surface area contributed by atoms with Crippen LogP contribution in [0, 0.1) is 0 Å². The first-order valence-electron chi connectivity index (χ1n) is 10.0. The first-order chi connectivity index (χ1) is 15.0. The van der Waals surface area contributed by atoms with Gasteiger partial charge in [0.25, 0.3) is 5.91 Å². The van der Waals surface area contributed by atoms with Gasteiger partial charge < -0.3 is 14.8 Å². The van der Waals surface area contributed by atoms with Crippen LogP contribution in [0.2, 0.25) is 0 Å². The largest absolute Gasteiger partial charge is 0.496 e. The summed E-state index contributed by atoms with van der Waals surface area (Å²) in [7, 11) is -2.27. The molecular weight excluding hydrogens is 416 g/mol.